The topological polar surface area (TPSA) is 0 Å². The zero-order valence-corrected chi connectivity index (χ0v) is 20.1. The molecule has 4 aromatic rings. The summed E-state index contributed by atoms with van der Waals surface area (Å²) < 4.78 is 86.0. The van der Waals surface area contributed by atoms with Gasteiger partial charge in [0, 0.05) is 9.79 Å². The Kier molecular flexibility index (Phi) is 7.60. The van der Waals surface area contributed by atoms with Gasteiger partial charge in [-0.3, -0.25) is 0 Å². The molecule has 0 N–H and O–H groups in total. The van der Waals surface area contributed by atoms with Crippen LogP contribution in [-0.2, 0) is 10.9 Å². The molecule has 186 valence electrons. The summed E-state index contributed by atoms with van der Waals surface area (Å²) in [6.45, 7) is 0. The van der Waals surface area contributed by atoms with Crippen LogP contribution in [0.2, 0.25) is 0 Å². The van der Waals surface area contributed by atoms with Crippen molar-refractivity contribution in [2.24, 2.45) is 0 Å². The number of halogens is 8. The second kappa shape index (κ2) is 9.84. The average molecular weight is 552 g/mol. The SMILES string of the molecule is F[P-](F)(F)(F)(F)F.Fc1ccc([S+](c2ccc(F)cc2)c2ccc(Sc3ccccc3)cc2)cc1. The van der Waals surface area contributed by atoms with Crippen LogP contribution in [0.4, 0.5) is 34.0 Å². The minimum atomic E-state index is -10.7. The molecule has 0 aliphatic carbocycles. The van der Waals surface area contributed by atoms with E-state index in [0.29, 0.717) is 0 Å². The summed E-state index contributed by atoms with van der Waals surface area (Å²) in [4.78, 5) is 5.44. The Labute approximate surface area is 203 Å². The normalized spacial score (nSPS) is 13.4. The Morgan fingerprint density at radius 2 is 0.771 bits per heavy atom. The van der Waals surface area contributed by atoms with Gasteiger partial charge >= 0.3 is 33.0 Å². The van der Waals surface area contributed by atoms with E-state index in [-0.39, 0.29) is 11.6 Å². The number of hydrogen-bond donors (Lipinski definition) is 0. The maximum atomic E-state index is 13.4. The van der Waals surface area contributed by atoms with Crippen LogP contribution in [0.1, 0.15) is 0 Å². The summed E-state index contributed by atoms with van der Waals surface area (Å²) in [5, 5.41) is 0. The summed E-state index contributed by atoms with van der Waals surface area (Å²) in [7, 11) is -11.1. The molecule has 0 saturated carbocycles. The smallest absolute Gasteiger partial charge is 0.166 e. The van der Waals surface area contributed by atoms with Crippen LogP contribution in [0.25, 0.3) is 0 Å². The Morgan fingerprint density at radius 3 is 1.14 bits per heavy atom. The zero-order valence-electron chi connectivity index (χ0n) is 17.6. The van der Waals surface area contributed by atoms with E-state index in [1.807, 2.05) is 18.2 Å². The molecule has 0 fully saturated rings. The third-order valence-electron chi connectivity index (χ3n) is 4.14. The first-order chi connectivity index (χ1) is 16.1. The second-order valence-corrected chi connectivity index (χ2v) is 12.1. The third kappa shape index (κ3) is 10.3. The molecule has 0 unspecified atom stereocenters. The van der Waals surface area contributed by atoms with E-state index < -0.39 is 18.7 Å². The Hall–Kier alpha value is -2.55. The molecular formula is C24H17F8PS2. The molecule has 0 aliphatic heterocycles. The molecule has 4 aromatic carbocycles. The zero-order chi connectivity index (χ0) is 25.8. The van der Waals surface area contributed by atoms with Crippen molar-refractivity contribution in [1.82, 2.24) is 0 Å². The molecule has 0 spiro atoms. The number of rotatable bonds is 5. The maximum Gasteiger partial charge on any atom is 0.166 e. The van der Waals surface area contributed by atoms with Crippen LogP contribution in [0, 0.1) is 11.6 Å². The van der Waals surface area contributed by atoms with Crippen molar-refractivity contribution in [3.8, 4) is 0 Å². The van der Waals surface area contributed by atoms with Gasteiger partial charge in [-0.05, 0) is 84.9 Å². The summed E-state index contributed by atoms with van der Waals surface area (Å²) in [6, 6.07) is 31.7. The molecule has 0 aliphatic rings. The van der Waals surface area contributed by atoms with E-state index in [1.165, 1.54) is 29.2 Å². The maximum absolute atomic E-state index is 13.4. The van der Waals surface area contributed by atoms with Crippen molar-refractivity contribution < 1.29 is 34.0 Å². The van der Waals surface area contributed by atoms with E-state index in [2.05, 4.69) is 36.4 Å². The molecular weight excluding hydrogens is 535 g/mol. The summed E-state index contributed by atoms with van der Waals surface area (Å²) in [5.41, 5.74) is 0. The molecule has 0 nitrogen and oxygen atoms in total. The van der Waals surface area contributed by atoms with Crippen molar-refractivity contribution in [2.75, 3.05) is 0 Å². The molecule has 0 aromatic heterocycles. The molecule has 0 amide bonds. The monoisotopic (exact) mass is 552 g/mol. The van der Waals surface area contributed by atoms with Crippen molar-refractivity contribution in [3.63, 3.8) is 0 Å². The first-order valence-corrected chi connectivity index (χ1v) is 13.9. The predicted molar refractivity (Wildman–Crippen MR) is 126 cm³/mol. The van der Waals surface area contributed by atoms with Gasteiger partial charge < -0.3 is 0 Å². The Balaban J connectivity index is 0.000000429. The first kappa shape index (κ1) is 27.0. The minimum Gasteiger partial charge on any atom is -0.207 e. The molecule has 0 heterocycles. The van der Waals surface area contributed by atoms with E-state index in [0.717, 1.165) is 19.6 Å². The molecule has 0 bridgehead atoms. The largest absolute Gasteiger partial charge is 0.207 e. The van der Waals surface area contributed by atoms with Gasteiger partial charge in [-0.15, -0.1) is 0 Å². The molecule has 0 saturated heterocycles. The van der Waals surface area contributed by atoms with Crippen LogP contribution < -0.4 is 0 Å². The predicted octanol–water partition coefficient (Wildman–Crippen LogP) is 10.6. The van der Waals surface area contributed by atoms with Crippen LogP contribution in [0.3, 0.4) is 0 Å². The summed E-state index contributed by atoms with van der Waals surface area (Å²) in [6.07, 6.45) is 0. The van der Waals surface area contributed by atoms with Gasteiger partial charge in [0.15, 0.2) is 14.7 Å². The Morgan fingerprint density at radius 1 is 0.457 bits per heavy atom. The molecule has 0 radical (unpaired) electrons. The van der Waals surface area contributed by atoms with E-state index in [1.54, 1.807) is 36.0 Å². The minimum absolute atomic E-state index is 0.263. The standard InChI is InChI=1S/C24H17F2S2.F6P/c25-18-6-12-22(13-7-18)28(23-14-8-19(26)9-15-23)24-16-10-21(11-17-24)27-20-4-2-1-3-5-20;1-7(2,3,4,5)6/h1-17H;/q+1;-1. The van der Waals surface area contributed by atoms with E-state index in [4.69, 9.17) is 0 Å². The van der Waals surface area contributed by atoms with Gasteiger partial charge in [0.25, 0.3) is 0 Å². The van der Waals surface area contributed by atoms with Gasteiger partial charge in [-0.2, -0.15) is 0 Å². The van der Waals surface area contributed by atoms with Crippen molar-refractivity contribution >= 4 is 30.5 Å². The van der Waals surface area contributed by atoms with Gasteiger partial charge in [-0.25, -0.2) is 8.78 Å². The number of benzene rings is 4. The first-order valence-electron chi connectivity index (χ1n) is 9.79. The second-order valence-electron chi connectivity index (χ2n) is 7.06. The fourth-order valence-corrected chi connectivity index (χ4v) is 5.70. The van der Waals surface area contributed by atoms with Crippen LogP contribution >= 0.6 is 19.6 Å². The van der Waals surface area contributed by atoms with Gasteiger partial charge in [-0.1, -0.05) is 30.0 Å². The van der Waals surface area contributed by atoms with Gasteiger partial charge in [0.2, 0.25) is 0 Å². The van der Waals surface area contributed by atoms with Gasteiger partial charge in [0.1, 0.15) is 11.6 Å². The fraction of sp³-hybridized carbons (Fsp3) is 0. The summed E-state index contributed by atoms with van der Waals surface area (Å²) >= 11 is 1.71. The van der Waals surface area contributed by atoms with Crippen molar-refractivity contribution in [3.05, 3.63) is 115 Å². The molecule has 35 heavy (non-hydrogen) atoms. The van der Waals surface area contributed by atoms with Gasteiger partial charge in [0.05, 0.1) is 10.9 Å². The van der Waals surface area contributed by atoms with E-state index in [9.17, 15) is 34.0 Å². The summed E-state index contributed by atoms with van der Waals surface area (Å²) in [5.74, 6) is -0.526. The number of hydrogen-bond acceptors (Lipinski definition) is 1. The van der Waals surface area contributed by atoms with Crippen LogP contribution in [0.15, 0.2) is 128 Å². The fourth-order valence-electron chi connectivity index (χ4n) is 2.82. The molecule has 4 rings (SSSR count). The average Bonchev–Trinajstić information content (AvgIpc) is 2.76. The third-order valence-corrected chi connectivity index (χ3v) is 7.38. The molecule has 0 atom stereocenters. The van der Waals surface area contributed by atoms with Crippen LogP contribution in [0.5, 0.6) is 0 Å². The van der Waals surface area contributed by atoms with Crippen molar-refractivity contribution in [2.45, 2.75) is 24.5 Å². The Bertz CT molecular complexity index is 1190. The van der Waals surface area contributed by atoms with E-state index >= 15 is 0 Å². The molecule has 11 heteroatoms. The van der Waals surface area contributed by atoms with Crippen molar-refractivity contribution in [1.29, 1.82) is 0 Å². The quantitative estimate of drug-likeness (QED) is 0.135. The van der Waals surface area contributed by atoms with Crippen LogP contribution in [-0.4, -0.2) is 0 Å².